The van der Waals surface area contributed by atoms with E-state index in [1.807, 2.05) is 56.3 Å². The van der Waals surface area contributed by atoms with Crippen LogP contribution in [-0.2, 0) is 9.59 Å². The van der Waals surface area contributed by atoms with E-state index in [9.17, 15) is 9.59 Å². The first kappa shape index (κ1) is 17.5. The molecule has 2 aromatic carbocycles. The van der Waals surface area contributed by atoms with Crippen molar-refractivity contribution in [1.29, 1.82) is 0 Å². The van der Waals surface area contributed by atoms with Crippen molar-refractivity contribution in [2.45, 2.75) is 20.3 Å². The number of carbonyl (C=O) groups is 2. The second kappa shape index (κ2) is 7.28. The lowest BCUT2D eigenvalue weighted by Crippen LogP contribution is -2.33. The van der Waals surface area contributed by atoms with Crippen molar-refractivity contribution in [2.24, 2.45) is 11.8 Å². The van der Waals surface area contributed by atoms with Gasteiger partial charge in [0.2, 0.25) is 11.8 Å². The largest absolute Gasteiger partial charge is 0.326 e. The number of amides is 2. The van der Waals surface area contributed by atoms with Crippen LogP contribution in [0.1, 0.15) is 18.9 Å². The molecule has 0 aromatic heterocycles. The van der Waals surface area contributed by atoms with Crippen LogP contribution < -0.4 is 10.2 Å². The molecule has 1 N–H and O–H groups in total. The Hall–Kier alpha value is -2.33. The van der Waals surface area contributed by atoms with E-state index in [0.717, 1.165) is 11.3 Å². The van der Waals surface area contributed by atoms with Gasteiger partial charge in [0, 0.05) is 22.9 Å². The highest BCUT2D eigenvalue weighted by atomic mass is 35.5. The van der Waals surface area contributed by atoms with E-state index in [1.165, 1.54) is 0 Å². The lowest BCUT2D eigenvalue weighted by molar-refractivity contribution is -0.123. The number of benzene rings is 2. The van der Waals surface area contributed by atoms with Crippen LogP contribution in [0, 0.1) is 18.8 Å². The maximum absolute atomic E-state index is 12.7. The molecule has 0 radical (unpaired) electrons. The fourth-order valence-electron chi connectivity index (χ4n) is 2.94. The molecule has 2 aromatic rings. The fraction of sp³-hybridized carbons (Fsp3) is 0.300. The number of halogens is 1. The summed E-state index contributed by atoms with van der Waals surface area (Å²) in [4.78, 5) is 26.9. The number of para-hydroxylation sites is 1. The molecule has 2 atom stereocenters. The average Bonchev–Trinajstić information content (AvgIpc) is 3.40. The highest BCUT2D eigenvalue weighted by Gasteiger charge is 2.49. The van der Waals surface area contributed by atoms with E-state index >= 15 is 0 Å². The van der Waals surface area contributed by atoms with Gasteiger partial charge >= 0.3 is 0 Å². The van der Waals surface area contributed by atoms with Crippen molar-refractivity contribution in [1.82, 2.24) is 0 Å². The SMILES string of the molecule is CCN(C(=O)C1CC1C(=O)Nc1ccc(C)c(Cl)c1)c1ccccc1. The minimum absolute atomic E-state index is 0.00999. The zero-order chi connectivity index (χ0) is 18.0. The number of carbonyl (C=O) groups excluding carboxylic acids is 2. The molecule has 0 heterocycles. The van der Waals surface area contributed by atoms with Crippen LogP contribution in [0.2, 0.25) is 5.02 Å². The Morgan fingerprint density at radius 2 is 1.88 bits per heavy atom. The molecule has 3 rings (SSSR count). The molecule has 130 valence electrons. The highest BCUT2D eigenvalue weighted by molar-refractivity contribution is 6.31. The Morgan fingerprint density at radius 1 is 1.16 bits per heavy atom. The normalized spacial score (nSPS) is 18.5. The molecule has 2 amide bonds. The highest BCUT2D eigenvalue weighted by Crippen LogP contribution is 2.41. The third kappa shape index (κ3) is 3.85. The number of anilines is 2. The summed E-state index contributed by atoms with van der Waals surface area (Å²) < 4.78 is 0. The Kier molecular flexibility index (Phi) is 5.09. The molecule has 0 aliphatic heterocycles. The molecule has 5 heteroatoms. The first-order chi connectivity index (χ1) is 12.0. The number of hydrogen-bond donors (Lipinski definition) is 1. The van der Waals surface area contributed by atoms with Crippen LogP contribution in [0.4, 0.5) is 11.4 Å². The molecule has 1 fully saturated rings. The van der Waals surface area contributed by atoms with E-state index in [0.29, 0.717) is 23.7 Å². The van der Waals surface area contributed by atoms with Gasteiger partial charge in [-0.3, -0.25) is 9.59 Å². The van der Waals surface area contributed by atoms with Crippen LogP contribution in [0.15, 0.2) is 48.5 Å². The predicted octanol–water partition coefficient (Wildman–Crippen LogP) is 4.28. The zero-order valence-corrected chi connectivity index (χ0v) is 15.1. The Labute approximate surface area is 152 Å². The molecule has 1 saturated carbocycles. The van der Waals surface area contributed by atoms with Gasteiger partial charge < -0.3 is 10.2 Å². The molecule has 0 saturated heterocycles. The summed E-state index contributed by atoms with van der Waals surface area (Å²) in [6, 6.07) is 15.0. The average molecular weight is 357 g/mol. The standard InChI is InChI=1S/C20H21ClN2O2/c1-3-23(15-7-5-4-6-8-15)20(25)17-12-16(17)19(24)22-14-10-9-13(2)18(21)11-14/h4-11,16-17H,3,12H2,1-2H3,(H,22,24). The van der Waals surface area contributed by atoms with Crippen LogP contribution in [-0.4, -0.2) is 18.4 Å². The number of rotatable bonds is 5. The second-order valence-corrected chi connectivity index (χ2v) is 6.73. The van der Waals surface area contributed by atoms with Gasteiger partial charge in [0.05, 0.1) is 11.8 Å². The molecule has 25 heavy (non-hydrogen) atoms. The van der Waals surface area contributed by atoms with Gasteiger partial charge in [0.15, 0.2) is 0 Å². The summed E-state index contributed by atoms with van der Waals surface area (Å²) >= 11 is 6.09. The number of aryl methyl sites for hydroxylation is 1. The molecular formula is C20H21ClN2O2. The Bertz CT molecular complexity index is 792. The topological polar surface area (TPSA) is 49.4 Å². The second-order valence-electron chi connectivity index (χ2n) is 6.32. The summed E-state index contributed by atoms with van der Waals surface area (Å²) in [5.41, 5.74) is 2.49. The van der Waals surface area contributed by atoms with Crippen molar-refractivity contribution in [3.63, 3.8) is 0 Å². The van der Waals surface area contributed by atoms with Crippen molar-refractivity contribution in [3.8, 4) is 0 Å². The van der Waals surface area contributed by atoms with Gasteiger partial charge in [-0.1, -0.05) is 35.9 Å². The molecule has 4 nitrogen and oxygen atoms in total. The maximum atomic E-state index is 12.7. The third-order valence-electron chi connectivity index (χ3n) is 4.53. The molecule has 1 aliphatic carbocycles. The Morgan fingerprint density at radius 3 is 2.52 bits per heavy atom. The molecular weight excluding hydrogens is 336 g/mol. The van der Waals surface area contributed by atoms with Crippen molar-refractivity contribution < 1.29 is 9.59 Å². The summed E-state index contributed by atoms with van der Waals surface area (Å²) in [7, 11) is 0. The van der Waals surface area contributed by atoms with Gasteiger partial charge in [-0.15, -0.1) is 0 Å². The van der Waals surface area contributed by atoms with Gasteiger partial charge in [-0.25, -0.2) is 0 Å². The fourth-order valence-corrected chi connectivity index (χ4v) is 3.12. The Balaban J connectivity index is 1.64. The predicted molar refractivity (Wildman–Crippen MR) is 101 cm³/mol. The van der Waals surface area contributed by atoms with Crippen LogP contribution in [0.25, 0.3) is 0 Å². The van der Waals surface area contributed by atoms with E-state index in [-0.39, 0.29) is 23.7 Å². The van der Waals surface area contributed by atoms with Gasteiger partial charge in [0.25, 0.3) is 0 Å². The first-order valence-electron chi connectivity index (χ1n) is 8.44. The number of nitrogens with one attached hydrogen (secondary N) is 1. The summed E-state index contributed by atoms with van der Waals surface area (Å²) in [5.74, 6) is -0.635. The van der Waals surface area contributed by atoms with E-state index < -0.39 is 0 Å². The molecule has 2 unspecified atom stereocenters. The van der Waals surface area contributed by atoms with E-state index in [2.05, 4.69) is 5.32 Å². The first-order valence-corrected chi connectivity index (χ1v) is 8.82. The summed E-state index contributed by atoms with van der Waals surface area (Å²) in [6.07, 6.45) is 0.591. The van der Waals surface area contributed by atoms with Crippen LogP contribution >= 0.6 is 11.6 Å². The van der Waals surface area contributed by atoms with Crippen LogP contribution in [0.5, 0.6) is 0 Å². The third-order valence-corrected chi connectivity index (χ3v) is 4.94. The molecule has 0 bridgehead atoms. The van der Waals surface area contributed by atoms with Crippen LogP contribution in [0.3, 0.4) is 0 Å². The lowest BCUT2D eigenvalue weighted by atomic mass is 10.2. The van der Waals surface area contributed by atoms with Gasteiger partial charge in [-0.2, -0.15) is 0 Å². The summed E-state index contributed by atoms with van der Waals surface area (Å²) in [5, 5.41) is 3.47. The zero-order valence-electron chi connectivity index (χ0n) is 14.3. The lowest BCUT2D eigenvalue weighted by Gasteiger charge is -2.21. The van der Waals surface area contributed by atoms with E-state index in [4.69, 9.17) is 11.6 Å². The minimum Gasteiger partial charge on any atom is -0.326 e. The van der Waals surface area contributed by atoms with Crippen molar-refractivity contribution in [3.05, 3.63) is 59.1 Å². The van der Waals surface area contributed by atoms with E-state index in [1.54, 1.807) is 11.0 Å². The number of nitrogens with zero attached hydrogens (tertiary/aromatic N) is 1. The monoisotopic (exact) mass is 356 g/mol. The van der Waals surface area contributed by atoms with Crippen molar-refractivity contribution >= 4 is 34.8 Å². The molecule has 0 spiro atoms. The molecule has 1 aliphatic rings. The summed E-state index contributed by atoms with van der Waals surface area (Å²) in [6.45, 7) is 4.43. The van der Waals surface area contributed by atoms with Gasteiger partial charge in [0.1, 0.15) is 0 Å². The maximum Gasteiger partial charge on any atom is 0.230 e. The quantitative estimate of drug-likeness (QED) is 0.869. The smallest absolute Gasteiger partial charge is 0.230 e. The minimum atomic E-state index is -0.273. The number of hydrogen-bond acceptors (Lipinski definition) is 2. The van der Waals surface area contributed by atoms with Crippen molar-refractivity contribution in [2.75, 3.05) is 16.8 Å². The van der Waals surface area contributed by atoms with Gasteiger partial charge in [-0.05, 0) is 50.1 Å².